The number of amides is 2. The lowest BCUT2D eigenvalue weighted by Gasteiger charge is -2.06. The van der Waals surface area contributed by atoms with Crippen molar-refractivity contribution < 1.29 is 14.1 Å². The number of benzene rings is 1. The van der Waals surface area contributed by atoms with Crippen molar-refractivity contribution in [3.8, 4) is 0 Å². The molecule has 128 valence electrons. The Morgan fingerprint density at radius 2 is 1.92 bits per heavy atom. The van der Waals surface area contributed by atoms with Crippen molar-refractivity contribution in [1.82, 2.24) is 15.5 Å². The topological polar surface area (TPSA) is 97.1 Å². The van der Waals surface area contributed by atoms with Crippen molar-refractivity contribution in [2.24, 2.45) is 0 Å². The molecule has 2 N–H and O–H groups in total. The second-order valence-corrected chi connectivity index (χ2v) is 5.51. The number of aromatic nitrogens is 2. The number of nitrogens with one attached hydrogen (secondary N) is 2. The van der Waals surface area contributed by atoms with E-state index < -0.39 is 0 Å². The zero-order chi connectivity index (χ0) is 17.4. The molecule has 7 heteroatoms. The third-order valence-corrected chi connectivity index (χ3v) is 3.31. The van der Waals surface area contributed by atoms with Crippen molar-refractivity contribution >= 4 is 17.5 Å². The quantitative estimate of drug-likeness (QED) is 0.773. The van der Waals surface area contributed by atoms with E-state index in [0.29, 0.717) is 31.1 Å². The fourth-order valence-electron chi connectivity index (χ4n) is 2.14. The Bertz CT molecular complexity index is 679. The molecule has 1 aromatic heterocycles. The van der Waals surface area contributed by atoms with Gasteiger partial charge < -0.3 is 15.2 Å². The zero-order valence-corrected chi connectivity index (χ0v) is 14.0. The van der Waals surface area contributed by atoms with Crippen LogP contribution in [0.2, 0.25) is 0 Å². The van der Waals surface area contributed by atoms with Crippen LogP contribution >= 0.6 is 0 Å². The average Bonchev–Trinajstić information content (AvgIpc) is 3.00. The molecule has 2 amide bonds. The van der Waals surface area contributed by atoms with Gasteiger partial charge in [-0.3, -0.25) is 9.59 Å². The molecule has 0 fully saturated rings. The minimum atomic E-state index is -0.112. The second kappa shape index (κ2) is 8.81. The molecule has 0 atom stereocenters. The molecule has 0 saturated carbocycles. The first-order chi connectivity index (χ1) is 11.6. The second-order valence-electron chi connectivity index (χ2n) is 5.51. The van der Waals surface area contributed by atoms with E-state index in [1.54, 1.807) is 12.1 Å². The summed E-state index contributed by atoms with van der Waals surface area (Å²) in [7, 11) is 0. The zero-order valence-electron chi connectivity index (χ0n) is 14.0. The number of carbonyl (C=O) groups excluding carboxylic acids is 2. The van der Waals surface area contributed by atoms with Gasteiger partial charge in [0.05, 0.1) is 0 Å². The van der Waals surface area contributed by atoms with E-state index in [0.717, 1.165) is 24.1 Å². The lowest BCUT2D eigenvalue weighted by molar-refractivity contribution is -0.121. The van der Waals surface area contributed by atoms with Crippen LogP contribution in [0.3, 0.4) is 0 Å². The minimum Gasteiger partial charge on any atom is -0.352 e. The van der Waals surface area contributed by atoms with Gasteiger partial charge in [-0.15, -0.1) is 0 Å². The molecule has 0 saturated heterocycles. The number of hydrogen-bond donors (Lipinski definition) is 2. The minimum absolute atomic E-state index is 0.0730. The maximum atomic E-state index is 11.9. The van der Waals surface area contributed by atoms with Gasteiger partial charge in [-0.1, -0.05) is 24.2 Å². The fraction of sp³-hybridized carbons (Fsp3) is 0.412. The molecule has 0 aliphatic carbocycles. The lowest BCUT2D eigenvalue weighted by Crippen LogP contribution is -2.23. The predicted molar refractivity (Wildman–Crippen MR) is 89.2 cm³/mol. The van der Waals surface area contributed by atoms with Gasteiger partial charge in [0.25, 0.3) is 0 Å². The molecule has 0 aliphatic heterocycles. The smallest absolute Gasteiger partial charge is 0.227 e. The van der Waals surface area contributed by atoms with Gasteiger partial charge in [0.1, 0.15) is 0 Å². The fourth-order valence-corrected chi connectivity index (χ4v) is 2.14. The number of anilines is 1. The highest BCUT2D eigenvalue weighted by Crippen LogP contribution is 2.09. The summed E-state index contributed by atoms with van der Waals surface area (Å²) in [4.78, 5) is 27.1. The lowest BCUT2D eigenvalue weighted by atomic mass is 10.2. The molecule has 0 unspecified atom stereocenters. The van der Waals surface area contributed by atoms with Crippen LogP contribution in [0.5, 0.6) is 0 Å². The summed E-state index contributed by atoms with van der Waals surface area (Å²) in [5.74, 6) is 0.996. The Hall–Kier alpha value is -2.70. The van der Waals surface area contributed by atoms with Crippen molar-refractivity contribution in [3.63, 3.8) is 0 Å². The molecule has 7 nitrogen and oxygen atoms in total. The van der Waals surface area contributed by atoms with Gasteiger partial charge in [0.15, 0.2) is 5.82 Å². The largest absolute Gasteiger partial charge is 0.352 e. The van der Waals surface area contributed by atoms with E-state index in [2.05, 4.69) is 20.8 Å². The molecule has 0 radical (unpaired) electrons. The molecule has 1 aromatic carbocycles. The Kier molecular flexibility index (Phi) is 6.48. The predicted octanol–water partition coefficient (Wildman–Crippen LogP) is 2.23. The van der Waals surface area contributed by atoms with Crippen LogP contribution in [0.15, 0.2) is 28.8 Å². The standard InChI is InChI=1S/C17H22N4O3/c1-3-4-15-20-17(24-21-15)10-9-16(23)18-11-13-5-7-14(8-6-13)19-12(2)22/h5-8H,3-4,9-11H2,1-2H3,(H,18,23)(H,19,22). The average molecular weight is 330 g/mol. The monoisotopic (exact) mass is 330 g/mol. The highest BCUT2D eigenvalue weighted by atomic mass is 16.5. The first kappa shape index (κ1) is 17.7. The van der Waals surface area contributed by atoms with Crippen molar-refractivity contribution in [3.05, 3.63) is 41.5 Å². The highest BCUT2D eigenvalue weighted by Gasteiger charge is 2.08. The van der Waals surface area contributed by atoms with Gasteiger partial charge in [0.2, 0.25) is 17.7 Å². The van der Waals surface area contributed by atoms with Crippen molar-refractivity contribution in [2.45, 2.75) is 46.1 Å². The number of nitrogens with zero attached hydrogens (tertiary/aromatic N) is 2. The molecule has 0 spiro atoms. The first-order valence-corrected chi connectivity index (χ1v) is 8.01. The van der Waals surface area contributed by atoms with Gasteiger partial charge in [-0.2, -0.15) is 4.98 Å². The van der Waals surface area contributed by atoms with Crippen LogP contribution < -0.4 is 10.6 Å². The Morgan fingerprint density at radius 1 is 1.17 bits per heavy atom. The normalized spacial score (nSPS) is 10.4. The number of carbonyl (C=O) groups is 2. The SMILES string of the molecule is CCCc1noc(CCC(=O)NCc2ccc(NC(C)=O)cc2)n1. The number of rotatable bonds is 8. The molecule has 0 aliphatic rings. The number of aryl methyl sites for hydroxylation is 2. The maximum absolute atomic E-state index is 11.9. The molecule has 0 bridgehead atoms. The summed E-state index contributed by atoms with van der Waals surface area (Å²) in [5.41, 5.74) is 1.69. The summed E-state index contributed by atoms with van der Waals surface area (Å²) >= 11 is 0. The van der Waals surface area contributed by atoms with Gasteiger partial charge >= 0.3 is 0 Å². The summed E-state index contributed by atoms with van der Waals surface area (Å²) in [6.07, 6.45) is 2.48. The van der Waals surface area contributed by atoms with E-state index in [1.807, 2.05) is 19.1 Å². The van der Waals surface area contributed by atoms with Crippen molar-refractivity contribution in [2.75, 3.05) is 5.32 Å². The summed E-state index contributed by atoms with van der Waals surface area (Å²) < 4.78 is 5.10. The van der Waals surface area contributed by atoms with Crippen LogP contribution in [0.4, 0.5) is 5.69 Å². The Balaban J connectivity index is 1.73. The van der Waals surface area contributed by atoms with Crippen LogP contribution in [-0.2, 0) is 29.0 Å². The summed E-state index contributed by atoms with van der Waals surface area (Å²) in [6, 6.07) is 7.33. The molecular formula is C17H22N4O3. The first-order valence-electron chi connectivity index (χ1n) is 8.01. The van der Waals surface area contributed by atoms with E-state index in [-0.39, 0.29) is 11.8 Å². The summed E-state index contributed by atoms with van der Waals surface area (Å²) in [6.45, 7) is 3.94. The van der Waals surface area contributed by atoms with Gasteiger partial charge in [0, 0.05) is 38.4 Å². The van der Waals surface area contributed by atoms with E-state index in [1.165, 1.54) is 6.92 Å². The Morgan fingerprint density at radius 3 is 2.58 bits per heavy atom. The van der Waals surface area contributed by atoms with Gasteiger partial charge in [-0.05, 0) is 24.1 Å². The third-order valence-electron chi connectivity index (χ3n) is 3.31. The van der Waals surface area contributed by atoms with Crippen molar-refractivity contribution in [1.29, 1.82) is 0 Å². The molecule has 2 aromatic rings. The van der Waals surface area contributed by atoms with Crippen LogP contribution in [-0.4, -0.2) is 22.0 Å². The van der Waals surface area contributed by atoms with E-state index in [4.69, 9.17) is 4.52 Å². The number of hydrogen-bond acceptors (Lipinski definition) is 5. The summed E-state index contributed by atoms with van der Waals surface area (Å²) in [5, 5.41) is 9.40. The Labute approximate surface area is 140 Å². The van der Waals surface area contributed by atoms with E-state index in [9.17, 15) is 9.59 Å². The molecule has 24 heavy (non-hydrogen) atoms. The maximum Gasteiger partial charge on any atom is 0.227 e. The highest BCUT2D eigenvalue weighted by molar-refractivity contribution is 5.88. The van der Waals surface area contributed by atoms with Crippen LogP contribution in [0.25, 0.3) is 0 Å². The third kappa shape index (κ3) is 5.83. The van der Waals surface area contributed by atoms with Gasteiger partial charge in [-0.25, -0.2) is 0 Å². The molecule has 1 heterocycles. The van der Waals surface area contributed by atoms with E-state index >= 15 is 0 Å². The van der Waals surface area contributed by atoms with Crippen LogP contribution in [0, 0.1) is 0 Å². The van der Waals surface area contributed by atoms with Crippen LogP contribution in [0.1, 0.15) is 44.0 Å². The molecular weight excluding hydrogens is 308 g/mol. The molecule has 2 rings (SSSR count).